The van der Waals surface area contributed by atoms with Crippen molar-refractivity contribution in [1.29, 1.82) is 0 Å². The Balaban J connectivity index is 1.66. The SMILES string of the molecule is CCCCCOc1ccc(C2c3c(oc4ccc(C)cc4c3=O)C(=O)N2c2nncs2)cc1OCC. The van der Waals surface area contributed by atoms with Gasteiger partial charge in [0.2, 0.25) is 10.9 Å². The number of nitrogens with zero attached hydrogens (tertiary/aromatic N) is 3. The van der Waals surface area contributed by atoms with Gasteiger partial charge in [0.05, 0.1) is 30.2 Å². The average Bonchev–Trinajstić information content (AvgIpc) is 3.50. The van der Waals surface area contributed by atoms with Crippen molar-refractivity contribution in [3.05, 3.63) is 74.6 Å². The first kappa shape index (κ1) is 24.0. The van der Waals surface area contributed by atoms with E-state index in [2.05, 4.69) is 17.1 Å². The van der Waals surface area contributed by atoms with Crippen molar-refractivity contribution >= 4 is 33.3 Å². The number of hydrogen-bond acceptors (Lipinski definition) is 8. The molecule has 0 bridgehead atoms. The van der Waals surface area contributed by atoms with Gasteiger partial charge in [0.25, 0.3) is 5.91 Å². The maximum absolute atomic E-state index is 13.8. The number of aromatic nitrogens is 2. The van der Waals surface area contributed by atoms with Crippen molar-refractivity contribution in [3.63, 3.8) is 0 Å². The molecule has 186 valence electrons. The highest BCUT2D eigenvalue weighted by molar-refractivity contribution is 7.13. The van der Waals surface area contributed by atoms with Gasteiger partial charge < -0.3 is 13.9 Å². The molecule has 0 spiro atoms. The molecule has 0 fully saturated rings. The Bertz CT molecular complexity index is 1460. The second kappa shape index (κ2) is 10.1. The van der Waals surface area contributed by atoms with Gasteiger partial charge in [-0.05, 0) is 50.1 Å². The molecule has 1 aliphatic rings. The number of carbonyl (C=O) groups excluding carboxylic acids is 1. The van der Waals surface area contributed by atoms with Crippen molar-refractivity contribution in [2.24, 2.45) is 0 Å². The molecule has 0 saturated heterocycles. The average molecular weight is 506 g/mol. The smallest absolute Gasteiger partial charge is 0.297 e. The number of amides is 1. The third kappa shape index (κ3) is 4.24. The molecule has 0 radical (unpaired) electrons. The molecule has 0 aliphatic carbocycles. The Morgan fingerprint density at radius 1 is 1.06 bits per heavy atom. The summed E-state index contributed by atoms with van der Waals surface area (Å²) in [7, 11) is 0. The molecule has 4 aromatic rings. The third-order valence-corrected chi connectivity index (χ3v) is 6.86. The van der Waals surface area contributed by atoms with E-state index in [0.717, 1.165) is 24.8 Å². The molecular formula is C27H27N3O5S. The molecule has 2 aromatic carbocycles. The van der Waals surface area contributed by atoms with Crippen molar-refractivity contribution in [2.75, 3.05) is 18.1 Å². The molecule has 0 saturated carbocycles. The van der Waals surface area contributed by atoms with Gasteiger partial charge in [-0.15, -0.1) is 10.2 Å². The Morgan fingerprint density at radius 2 is 1.92 bits per heavy atom. The molecule has 5 rings (SSSR count). The van der Waals surface area contributed by atoms with Gasteiger partial charge in [0, 0.05) is 0 Å². The first-order valence-electron chi connectivity index (χ1n) is 12.1. The fraction of sp³-hybridized carbons (Fsp3) is 0.333. The summed E-state index contributed by atoms with van der Waals surface area (Å²) in [5.41, 5.74) is 3.60. The quantitative estimate of drug-likeness (QED) is 0.271. The van der Waals surface area contributed by atoms with Gasteiger partial charge in [0.1, 0.15) is 11.1 Å². The maximum atomic E-state index is 13.8. The summed E-state index contributed by atoms with van der Waals surface area (Å²) >= 11 is 1.22. The van der Waals surface area contributed by atoms with Gasteiger partial charge in [-0.25, -0.2) is 0 Å². The highest BCUT2D eigenvalue weighted by Gasteiger charge is 2.45. The first-order chi connectivity index (χ1) is 17.5. The van der Waals surface area contributed by atoms with Crippen LogP contribution < -0.4 is 19.8 Å². The van der Waals surface area contributed by atoms with E-state index in [1.54, 1.807) is 17.6 Å². The number of carbonyl (C=O) groups is 1. The summed E-state index contributed by atoms with van der Waals surface area (Å²) in [5.74, 6) is 0.786. The Hall–Kier alpha value is -3.72. The van der Waals surface area contributed by atoms with E-state index in [4.69, 9.17) is 13.9 Å². The monoisotopic (exact) mass is 505 g/mol. The van der Waals surface area contributed by atoms with E-state index in [-0.39, 0.29) is 16.8 Å². The number of ether oxygens (including phenoxy) is 2. The Kier molecular flexibility index (Phi) is 6.73. The van der Waals surface area contributed by atoms with Crippen LogP contribution in [0.5, 0.6) is 11.5 Å². The van der Waals surface area contributed by atoms with Gasteiger partial charge >= 0.3 is 0 Å². The minimum absolute atomic E-state index is 0.0226. The van der Waals surface area contributed by atoms with Crippen LogP contribution in [-0.4, -0.2) is 29.3 Å². The summed E-state index contributed by atoms with van der Waals surface area (Å²) in [6.07, 6.45) is 3.14. The summed E-state index contributed by atoms with van der Waals surface area (Å²) in [5, 5.41) is 8.86. The number of fused-ring (bicyclic) bond motifs is 2. The predicted molar refractivity (Wildman–Crippen MR) is 138 cm³/mol. The van der Waals surface area contributed by atoms with Crippen molar-refractivity contribution in [3.8, 4) is 11.5 Å². The van der Waals surface area contributed by atoms with Crippen LogP contribution in [0.2, 0.25) is 0 Å². The number of aryl methyl sites for hydroxylation is 1. The Labute approximate surface area is 212 Å². The molecule has 1 amide bonds. The molecule has 9 heteroatoms. The molecule has 1 atom stereocenters. The van der Waals surface area contributed by atoms with Crippen LogP contribution in [0.3, 0.4) is 0 Å². The van der Waals surface area contributed by atoms with Crippen LogP contribution in [0.4, 0.5) is 5.13 Å². The lowest BCUT2D eigenvalue weighted by Gasteiger charge is -2.23. The molecule has 36 heavy (non-hydrogen) atoms. The Morgan fingerprint density at radius 3 is 2.67 bits per heavy atom. The van der Waals surface area contributed by atoms with Gasteiger partial charge in [-0.2, -0.15) is 0 Å². The fourth-order valence-electron chi connectivity index (χ4n) is 4.49. The lowest BCUT2D eigenvalue weighted by atomic mass is 9.98. The van der Waals surface area contributed by atoms with Crippen molar-refractivity contribution in [1.82, 2.24) is 10.2 Å². The van der Waals surface area contributed by atoms with Crippen LogP contribution in [-0.2, 0) is 0 Å². The van der Waals surface area contributed by atoms with Crippen LogP contribution in [0.25, 0.3) is 11.0 Å². The molecule has 8 nitrogen and oxygen atoms in total. The van der Waals surface area contributed by atoms with E-state index in [1.165, 1.54) is 16.2 Å². The highest BCUT2D eigenvalue weighted by atomic mass is 32.1. The minimum Gasteiger partial charge on any atom is -0.490 e. The zero-order valence-electron chi connectivity index (χ0n) is 20.4. The molecule has 3 heterocycles. The number of rotatable bonds is 9. The van der Waals surface area contributed by atoms with Gasteiger partial charge in [0.15, 0.2) is 16.9 Å². The molecule has 1 unspecified atom stereocenters. The molecule has 2 aromatic heterocycles. The summed E-state index contributed by atoms with van der Waals surface area (Å²) in [4.78, 5) is 28.8. The molecule has 1 aliphatic heterocycles. The van der Waals surface area contributed by atoms with E-state index in [0.29, 0.717) is 46.4 Å². The number of benzene rings is 2. The number of unbranched alkanes of at least 4 members (excludes halogenated alkanes) is 2. The zero-order chi connectivity index (χ0) is 25.2. The number of anilines is 1. The zero-order valence-corrected chi connectivity index (χ0v) is 21.3. The topological polar surface area (TPSA) is 94.8 Å². The largest absolute Gasteiger partial charge is 0.490 e. The number of hydrogen-bond donors (Lipinski definition) is 0. The first-order valence-corrected chi connectivity index (χ1v) is 13.0. The van der Waals surface area contributed by atoms with Crippen molar-refractivity contribution in [2.45, 2.75) is 46.1 Å². The van der Waals surface area contributed by atoms with E-state index in [9.17, 15) is 9.59 Å². The van der Waals surface area contributed by atoms with Crippen LogP contribution in [0.15, 0.2) is 51.1 Å². The van der Waals surface area contributed by atoms with Gasteiger partial charge in [-0.1, -0.05) is 48.8 Å². The normalized spacial score (nSPS) is 14.9. The second-order valence-electron chi connectivity index (χ2n) is 8.67. The van der Waals surface area contributed by atoms with E-state index >= 15 is 0 Å². The predicted octanol–water partition coefficient (Wildman–Crippen LogP) is 5.67. The van der Waals surface area contributed by atoms with E-state index < -0.39 is 11.9 Å². The lowest BCUT2D eigenvalue weighted by Crippen LogP contribution is -2.29. The molecular weight excluding hydrogens is 478 g/mol. The molecule has 0 N–H and O–H groups in total. The third-order valence-electron chi connectivity index (χ3n) is 6.17. The van der Waals surface area contributed by atoms with Crippen LogP contribution in [0, 0.1) is 6.92 Å². The summed E-state index contributed by atoms with van der Waals surface area (Å²) < 4.78 is 17.9. The maximum Gasteiger partial charge on any atom is 0.297 e. The van der Waals surface area contributed by atoms with Crippen LogP contribution in [0.1, 0.15) is 66.4 Å². The van der Waals surface area contributed by atoms with Gasteiger partial charge in [-0.3, -0.25) is 14.5 Å². The fourth-order valence-corrected chi connectivity index (χ4v) is 5.07. The summed E-state index contributed by atoms with van der Waals surface area (Å²) in [6.45, 7) is 6.99. The van der Waals surface area contributed by atoms with Crippen LogP contribution >= 0.6 is 11.3 Å². The lowest BCUT2D eigenvalue weighted by molar-refractivity contribution is 0.0970. The summed E-state index contributed by atoms with van der Waals surface area (Å²) in [6, 6.07) is 10.1. The second-order valence-corrected chi connectivity index (χ2v) is 9.48. The highest BCUT2D eigenvalue weighted by Crippen LogP contribution is 2.43. The van der Waals surface area contributed by atoms with Crippen molar-refractivity contribution < 1.29 is 18.7 Å². The standard InChI is InChI=1S/C27H27N3O5S/c1-4-6-7-12-34-20-11-9-17(14-21(20)33-5-2)23-22-24(31)18-13-16(3)8-10-19(18)35-25(22)26(32)30(23)27-29-28-15-36-27/h8-11,13-15,23H,4-7,12H2,1-3H3. The minimum atomic E-state index is -0.741. The van der Waals surface area contributed by atoms with E-state index in [1.807, 2.05) is 38.1 Å².